The lowest BCUT2D eigenvalue weighted by Crippen LogP contribution is -2.44. The van der Waals surface area contributed by atoms with Gasteiger partial charge in [-0.15, -0.1) is 0 Å². The van der Waals surface area contributed by atoms with Gasteiger partial charge in [-0.2, -0.15) is 0 Å². The summed E-state index contributed by atoms with van der Waals surface area (Å²) in [7, 11) is 0. The number of carbonyl (C=O) groups excluding carboxylic acids is 1. The van der Waals surface area contributed by atoms with Gasteiger partial charge in [-0.1, -0.05) is 24.8 Å². The molecule has 1 aliphatic carbocycles. The second-order valence-corrected chi connectivity index (χ2v) is 8.07. The quantitative estimate of drug-likeness (QED) is 0.286. The lowest BCUT2D eigenvalue weighted by Gasteiger charge is -2.32. The first-order valence-electron chi connectivity index (χ1n) is 9.15. The molecule has 6 heteroatoms. The Morgan fingerprint density at radius 2 is 2.26 bits per heavy atom. The van der Waals surface area contributed by atoms with E-state index in [0.29, 0.717) is 15.0 Å². The molecule has 1 fully saturated rings. The molecule has 0 aromatic rings. The third-order valence-corrected chi connectivity index (χ3v) is 6.07. The Balaban J connectivity index is 2.12. The monoisotopic (exact) mass is 483 g/mol. The van der Waals surface area contributed by atoms with E-state index in [-0.39, 0.29) is 36.0 Å². The van der Waals surface area contributed by atoms with Crippen LogP contribution in [0.4, 0.5) is 4.39 Å². The summed E-state index contributed by atoms with van der Waals surface area (Å²) in [6, 6.07) is -0.0682. The lowest BCUT2D eigenvalue weighted by molar-refractivity contribution is -0.115. The minimum atomic E-state index is -0.276. The molecule has 0 spiro atoms. The fraction of sp³-hybridized carbons (Fsp3) is 0.429. The molecule has 0 aromatic carbocycles. The zero-order valence-corrected chi connectivity index (χ0v) is 18.0. The molecular weight excluding hydrogens is 456 g/mol. The summed E-state index contributed by atoms with van der Waals surface area (Å²) in [4.78, 5) is 12.9. The first kappa shape index (κ1) is 21.8. The van der Waals surface area contributed by atoms with Gasteiger partial charge in [0.25, 0.3) is 0 Å². The van der Waals surface area contributed by atoms with Gasteiger partial charge in [0.1, 0.15) is 5.83 Å². The van der Waals surface area contributed by atoms with E-state index >= 15 is 0 Å². The van der Waals surface area contributed by atoms with E-state index in [1.807, 2.05) is 41.7 Å². The van der Waals surface area contributed by atoms with Crippen LogP contribution in [0.25, 0.3) is 0 Å². The molecule has 27 heavy (non-hydrogen) atoms. The first-order chi connectivity index (χ1) is 12.8. The average Bonchev–Trinajstić information content (AvgIpc) is 2.86. The van der Waals surface area contributed by atoms with Gasteiger partial charge in [-0.25, -0.2) is 4.39 Å². The summed E-state index contributed by atoms with van der Waals surface area (Å²) >= 11 is 1.91. The highest BCUT2D eigenvalue weighted by molar-refractivity contribution is 14.1. The number of allylic oxidation sites excluding steroid dienone is 6. The van der Waals surface area contributed by atoms with E-state index in [4.69, 9.17) is 5.41 Å². The van der Waals surface area contributed by atoms with Gasteiger partial charge in [0, 0.05) is 38.4 Å². The summed E-state index contributed by atoms with van der Waals surface area (Å²) in [5, 5.41) is 14.7. The van der Waals surface area contributed by atoms with Crippen LogP contribution < -0.4 is 10.6 Å². The average molecular weight is 483 g/mol. The van der Waals surface area contributed by atoms with E-state index in [1.165, 1.54) is 6.92 Å². The molecule has 0 radical (unpaired) electrons. The fourth-order valence-electron chi connectivity index (χ4n) is 3.57. The van der Waals surface area contributed by atoms with Gasteiger partial charge in [0.05, 0.1) is 6.54 Å². The summed E-state index contributed by atoms with van der Waals surface area (Å²) in [5.74, 6) is 0.00520. The smallest absolute Gasteiger partial charge is 0.179 e. The number of fused-ring (bicyclic) bond motifs is 1. The van der Waals surface area contributed by atoms with Crippen molar-refractivity contribution >= 4 is 34.1 Å². The molecule has 0 aromatic heterocycles. The summed E-state index contributed by atoms with van der Waals surface area (Å²) in [6.45, 7) is 7.92. The van der Waals surface area contributed by atoms with Crippen LogP contribution in [0.5, 0.6) is 0 Å². The highest BCUT2D eigenvalue weighted by Crippen LogP contribution is 2.32. The van der Waals surface area contributed by atoms with Crippen molar-refractivity contribution < 1.29 is 9.18 Å². The first-order valence-corrected chi connectivity index (χ1v) is 10.2. The second kappa shape index (κ2) is 10.1. The van der Waals surface area contributed by atoms with Crippen LogP contribution in [0, 0.1) is 17.2 Å². The number of hydrogen-bond donors (Lipinski definition) is 3. The molecule has 4 nitrogen and oxygen atoms in total. The van der Waals surface area contributed by atoms with E-state index in [0.717, 1.165) is 25.0 Å². The van der Waals surface area contributed by atoms with Crippen molar-refractivity contribution in [1.82, 2.24) is 10.6 Å². The molecule has 3 unspecified atom stereocenters. The third-order valence-electron chi connectivity index (χ3n) is 5.01. The fourth-order valence-corrected chi connectivity index (χ4v) is 3.90. The Kier molecular flexibility index (Phi) is 8.16. The Morgan fingerprint density at radius 3 is 2.89 bits per heavy atom. The van der Waals surface area contributed by atoms with Gasteiger partial charge in [-0.3, -0.25) is 4.79 Å². The predicted octanol–water partition coefficient (Wildman–Crippen LogP) is 4.37. The van der Waals surface area contributed by atoms with Crippen LogP contribution in [0.1, 0.15) is 26.7 Å². The molecule has 3 atom stereocenters. The maximum Gasteiger partial charge on any atom is 0.179 e. The van der Waals surface area contributed by atoms with Crippen molar-refractivity contribution in [2.24, 2.45) is 11.8 Å². The van der Waals surface area contributed by atoms with Crippen LogP contribution >= 0.6 is 22.6 Å². The molecule has 0 amide bonds. The molecule has 2 aliphatic rings. The minimum absolute atomic E-state index is 0.00570. The maximum absolute atomic E-state index is 13.3. The van der Waals surface area contributed by atoms with Gasteiger partial charge < -0.3 is 16.0 Å². The van der Waals surface area contributed by atoms with Crippen molar-refractivity contribution in [2.45, 2.75) is 32.7 Å². The molecule has 146 valence electrons. The number of Topliss-reactive ketones (excluding diaryl/α,β-unsaturated/α-hetero) is 1. The Bertz CT molecular complexity index is 732. The zero-order valence-electron chi connectivity index (χ0n) is 15.8. The number of nitrogens with one attached hydrogen (secondary N) is 3. The molecule has 0 saturated carbocycles. The second-order valence-electron chi connectivity index (χ2n) is 6.91. The molecule has 0 bridgehead atoms. The molecule has 1 heterocycles. The summed E-state index contributed by atoms with van der Waals surface area (Å²) in [6.07, 6.45) is 11.1. The molecule has 1 aliphatic heterocycles. The molecule has 2 rings (SSSR count). The normalized spacial score (nSPS) is 26.3. The Morgan fingerprint density at radius 1 is 1.52 bits per heavy atom. The lowest BCUT2D eigenvalue weighted by atomic mass is 9.76. The van der Waals surface area contributed by atoms with Gasteiger partial charge in [0.15, 0.2) is 5.78 Å². The van der Waals surface area contributed by atoms with Crippen LogP contribution in [0.3, 0.4) is 0 Å². The SMILES string of the molecule is C=C/C(=C\C(I)=C(/C)F)NCC(=O)C1=CC=CC2C(C(C)=N)CCCNC12. The zero-order chi connectivity index (χ0) is 20.0. The van der Waals surface area contributed by atoms with E-state index in [2.05, 4.69) is 23.3 Å². The van der Waals surface area contributed by atoms with E-state index in [9.17, 15) is 9.18 Å². The predicted molar refractivity (Wildman–Crippen MR) is 118 cm³/mol. The van der Waals surface area contributed by atoms with Gasteiger partial charge >= 0.3 is 0 Å². The van der Waals surface area contributed by atoms with Crippen molar-refractivity contribution in [2.75, 3.05) is 13.1 Å². The van der Waals surface area contributed by atoms with Crippen molar-refractivity contribution in [1.29, 1.82) is 5.41 Å². The van der Waals surface area contributed by atoms with Crippen LogP contribution in [-0.2, 0) is 4.79 Å². The molecular formula is C21H27FIN3O. The summed E-state index contributed by atoms with van der Waals surface area (Å²) < 4.78 is 13.7. The number of hydrogen-bond acceptors (Lipinski definition) is 4. The maximum atomic E-state index is 13.3. The highest BCUT2D eigenvalue weighted by Gasteiger charge is 2.36. The van der Waals surface area contributed by atoms with Crippen LogP contribution in [0.2, 0.25) is 0 Å². The van der Waals surface area contributed by atoms with Gasteiger partial charge in [-0.05, 0) is 68.0 Å². The number of carbonyl (C=O) groups is 1. The van der Waals surface area contributed by atoms with Crippen LogP contribution in [0.15, 0.2) is 57.6 Å². The Hall–Kier alpha value is -1.54. The largest absolute Gasteiger partial charge is 0.378 e. The number of ketones is 1. The summed E-state index contributed by atoms with van der Waals surface area (Å²) in [5.41, 5.74) is 2.01. The minimum Gasteiger partial charge on any atom is -0.378 e. The third kappa shape index (κ3) is 5.72. The van der Waals surface area contributed by atoms with Crippen molar-refractivity contribution in [3.05, 3.63) is 57.6 Å². The topological polar surface area (TPSA) is 65.0 Å². The van der Waals surface area contributed by atoms with Crippen molar-refractivity contribution in [3.8, 4) is 0 Å². The van der Waals surface area contributed by atoms with E-state index in [1.54, 1.807) is 12.2 Å². The van der Waals surface area contributed by atoms with Gasteiger partial charge in [0.2, 0.25) is 0 Å². The Labute approximate surface area is 174 Å². The molecule has 3 N–H and O–H groups in total. The highest BCUT2D eigenvalue weighted by atomic mass is 127. The molecule has 1 saturated heterocycles. The van der Waals surface area contributed by atoms with Crippen molar-refractivity contribution in [3.63, 3.8) is 0 Å². The van der Waals surface area contributed by atoms with Crippen LogP contribution in [-0.4, -0.2) is 30.6 Å². The van der Waals surface area contributed by atoms with E-state index < -0.39 is 0 Å². The number of halogens is 2. The standard InChI is InChI=1S/C21H27FIN3O/c1-4-15(11-19(23)13(2)22)26-12-20(27)18-8-5-7-17-16(14(3)24)9-6-10-25-21(17)18/h4-5,7-8,11,16-17,21,24-26H,1,6,9-10,12H2,2-3H3/b15-11+,19-13-,24-14?. The number of rotatable bonds is 7.